The zero-order valence-electron chi connectivity index (χ0n) is 7.32. The van der Waals surface area contributed by atoms with Crippen LogP contribution in [0.3, 0.4) is 0 Å². The van der Waals surface area contributed by atoms with Gasteiger partial charge in [0.1, 0.15) is 0 Å². The van der Waals surface area contributed by atoms with Crippen molar-refractivity contribution in [3.8, 4) is 0 Å². The summed E-state index contributed by atoms with van der Waals surface area (Å²) in [6, 6.07) is 8.18. The molecular formula is C9H11NO2S. The molecule has 0 aliphatic rings. The van der Waals surface area contributed by atoms with E-state index < -0.39 is 10.0 Å². The van der Waals surface area contributed by atoms with E-state index in [1.54, 1.807) is 25.1 Å². The molecule has 3 nitrogen and oxygen atoms in total. The van der Waals surface area contributed by atoms with Crippen LogP contribution in [-0.4, -0.2) is 8.42 Å². The Hall–Kier alpha value is -1.29. The Labute approximate surface area is 78.1 Å². The largest absolute Gasteiger partial charge is 0.284 e. The van der Waals surface area contributed by atoms with Gasteiger partial charge in [0.25, 0.3) is 10.0 Å². The average Bonchev–Trinajstić information content (AvgIpc) is 2.04. The van der Waals surface area contributed by atoms with Gasteiger partial charge in [-0.1, -0.05) is 24.8 Å². The first kappa shape index (κ1) is 9.80. The van der Waals surface area contributed by atoms with E-state index in [1.165, 1.54) is 12.1 Å². The first-order valence-corrected chi connectivity index (χ1v) is 5.24. The van der Waals surface area contributed by atoms with E-state index in [2.05, 4.69) is 11.3 Å². The smallest absolute Gasteiger partial charge is 0.261 e. The van der Waals surface area contributed by atoms with Gasteiger partial charge < -0.3 is 0 Å². The van der Waals surface area contributed by atoms with Crippen LogP contribution in [0.2, 0.25) is 0 Å². The molecule has 1 rings (SSSR count). The summed E-state index contributed by atoms with van der Waals surface area (Å²) < 4.78 is 25.3. The lowest BCUT2D eigenvalue weighted by Gasteiger charge is -2.05. The summed E-state index contributed by atoms with van der Waals surface area (Å²) in [5, 5.41) is 0. The number of allylic oxidation sites excluding steroid dienone is 1. The van der Waals surface area contributed by atoms with Crippen LogP contribution in [0.15, 0.2) is 47.5 Å². The molecule has 4 heteroatoms. The van der Waals surface area contributed by atoms with Crippen LogP contribution < -0.4 is 4.72 Å². The second-order valence-electron chi connectivity index (χ2n) is 2.70. The standard InChI is InChI=1S/C9H11NO2S/c1-8(2)10-13(11,12)9-6-4-3-5-7-9/h3-7,10H,1H2,2H3. The van der Waals surface area contributed by atoms with E-state index in [9.17, 15) is 8.42 Å². The van der Waals surface area contributed by atoms with Gasteiger partial charge in [0.15, 0.2) is 0 Å². The molecule has 0 spiro atoms. The van der Waals surface area contributed by atoms with Crippen molar-refractivity contribution in [1.82, 2.24) is 4.72 Å². The number of benzene rings is 1. The highest BCUT2D eigenvalue weighted by atomic mass is 32.2. The summed E-state index contributed by atoms with van der Waals surface area (Å²) in [7, 11) is -3.41. The maximum Gasteiger partial charge on any atom is 0.261 e. The highest BCUT2D eigenvalue weighted by molar-refractivity contribution is 7.89. The summed E-state index contributed by atoms with van der Waals surface area (Å²) in [5.74, 6) is 0. The van der Waals surface area contributed by atoms with Gasteiger partial charge in [0, 0.05) is 5.70 Å². The molecule has 0 heterocycles. The third-order valence-corrected chi connectivity index (χ3v) is 2.87. The molecule has 0 aliphatic heterocycles. The van der Waals surface area contributed by atoms with Gasteiger partial charge in [-0.2, -0.15) is 0 Å². The van der Waals surface area contributed by atoms with Crippen LogP contribution >= 0.6 is 0 Å². The Morgan fingerprint density at radius 3 is 2.31 bits per heavy atom. The highest BCUT2D eigenvalue weighted by Crippen LogP contribution is 2.07. The summed E-state index contributed by atoms with van der Waals surface area (Å²) in [5.41, 5.74) is 0.406. The second kappa shape index (κ2) is 3.62. The van der Waals surface area contributed by atoms with Crippen molar-refractivity contribution in [1.29, 1.82) is 0 Å². The van der Waals surface area contributed by atoms with Crippen molar-refractivity contribution in [2.24, 2.45) is 0 Å². The summed E-state index contributed by atoms with van der Waals surface area (Å²) in [4.78, 5) is 0.248. The molecule has 1 N–H and O–H groups in total. The van der Waals surface area contributed by atoms with Crippen molar-refractivity contribution in [2.45, 2.75) is 11.8 Å². The van der Waals surface area contributed by atoms with E-state index in [0.717, 1.165) is 0 Å². The molecule has 0 aliphatic carbocycles. The summed E-state index contributed by atoms with van der Waals surface area (Å²) in [6.07, 6.45) is 0. The molecule has 1 aromatic carbocycles. The third-order valence-electron chi connectivity index (χ3n) is 1.36. The topological polar surface area (TPSA) is 46.2 Å². The molecule has 1 aromatic rings. The lowest BCUT2D eigenvalue weighted by atomic mass is 10.4. The van der Waals surface area contributed by atoms with Crippen LogP contribution in [0.4, 0.5) is 0 Å². The zero-order valence-corrected chi connectivity index (χ0v) is 8.14. The SMILES string of the molecule is C=C(C)NS(=O)(=O)c1ccccc1. The number of hydrogen-bond donors (Lipinski definition) is 1. The van der Waals surface area contributed by atoms with E-state index in [-0.39, 0.29) is 4.90 Å². The first-order chi connectivity index (χ1) is 6.02. The Balaban J connectivity index is 3.02. The van der Waals surface area contributed by atoms with Gasteiger partial charge in [0.2, 0.25) is 0 Å². The molecular weight excluding hydrogens is 186 g/mol. The van der Waals surface area contributed by atoms with Crippen molar-refractivity contribution >= 4 is 10.0 Å². The molecule has 0 fully saturated rings. The number of hydrogen-bond acceptors (Lipinski definition) is 2. The van der Waals surface area contributed by atoms with Crippen molar-refractivity contribution in [2.75, 3.05) is 0 Å². The molecule has 0 aromatic heterocycles. The summed E-state index contributed by atoms with van der Waals surface area (Å²) >= 11 is 0. The Morgan fingerprint density at radius 2 is 1.85 bits per heavy atom. The predicted octanol–water partition coefficient (Wildman–Crippen LogP) is 1.50. The molecule has 70 valence electrons. The lowest BCUT2D eigenvalue weighted by molar-refractivity contribution is 0.589. The Kier molecular flexibility index (Phi) is 2.72. The molecule has 0 unspecified atom stereocenters. The van der Waals surface area contributed by atoms with Crippen LogP contribution in [-0.2, 0) is 10.0 Å². The van der Waals surface area contributed by atoms with Crippen LogP contribution in [0, 0.1) is 0 Å². The van der Waals surface area contributed by atoms with E-state index in [4.69, 9.17) is 0 Å². The second-order valence-corrected chi connectivity index (χ2v) is 4.38. The van der Waals surface area contributed by atoms with Crippen molar-refractivity contribution in [3.63, 3.8) is 0 Å². The number of nitrogens with one attached hydrogen (secondary N) is 1. The fourth-order valence-electron chi connectivity index (χ4n) is 0.888. The molecule has 0 bridgehead atoms. The van der Waals surface area contributed by atoms with Crippen LogP contribution in [0.5, 0.6) is 0 Å². The van der Waals surface area contributed by atoms with Crippen molar-refractivity contribution < 1.29 is 8.42 Å². The normalized spacial score (nSPS) is 10.8. The number of rotatable bonds is 3. The average molecular weight is 197 g/mol. The minimum absolute atomic E-state index is 0.248. The van der Waals surface area contributed by atoms with Gasteiger partial charge in [-0.05, 0) is 19.1 Å². The van der Waals surface area contributed by atoms with E-state index in [1.807, 2.05) is 0 Å². The molecule has 0 radical (unpaired) electrons. The van der Waals surface area contributed by atoms with Gasteiger partial charge in [0.05, 0.1) is 4.90 Å². The zero-order chi connectivity index (χ0) is 9.90. The van der Waals surface area contributed by atoms with Crippen LogP contribution in [0.25, 0.3) is 0 Å². The van der Waals surface area contributed by atoms with E-state index in [0.29, 0.717) is 5.70 Å². The third kappa shape index (κ3) is 2.59. The molecule has 0 atom stereocenters. The Bertz CT molecular complexity index is 395. The Morgan fingerprint density at radius 1 is 1.31 bits per heavy atom. The van der Waals surface area contributed by atoms with Gasteiger partial charge in [-0.15, -0.1) is 0 Å². The van der Waals surface area contributed by atoms with Gasteiger partial charge in [-0.3, -0.25) is 4.72 Å². The minimum atomic E-state index is -3.41. The monoisotopic (exact) mass is 197 g/mol. The highest BCUT2D eigenvalue weighted by Gasteiger charge is 2.11. The van der Waals surface area contributed by atoms with Gasteiger partial charge >= 0.3 is 0 Å². The van der Waals surface area contributed by atoms with Crippen LogP contribution in [0.1, 0.15) is 6.92 Å². The molecule has 0 saturated carbocycles. The molecule has 0 saturated heterocycles. The fourth-order valence-corrected chi connectivity index (χ4v) is 1.98. The maximum absolute atomic E-state index is 11.5. The molecule has 0 amide bonds. The van der Waals surface area contributed by atoms with E-state index >= 15 is 0 Å². The maximum atomic E-state index is 11.5. The summed E-state index contributed by atoms with van der Waals surface area (Å²) in [6.45, 7) is 5.07. The quantitative estimate of drug-likeness (QED) is 0.798. The van der Waals surface area contributed by atoms with Crippen molar-refractivity contribution in [3.05, 3.63) is 42.6 Å². The lowest BCUT2D eigenvalue weighted by Crippen LogP contribution is -2.20. The first-order valence-electron chi connectivity index (χ1n) is 3.76. The predicted molar refractivity (Wildman–Crippen MR) is 51.6 cm³/mol. The number of sulfonamides is 1. The van der Waals surface area contributed by atoms with Gasteiger partial charge in [-0.25, -0.2) is 8.42 Å². The molecule has 13 heavy (non-hydrogen) atoms. The minimum Gasteiger partial charge on any atom is -0.284 e. The fraction of sp³-hybridized carbons (Fsp3) is 0.111.